The van der Waals surface area contributed by atoms with Gasteiger partial charge in [0.05, 0.1) is 24.9 Å². The van der Waals surface area contributed by atoms with Crippen molar-refractivity contribution >= 4 is 23.3 Å². The third kappa shape index (κ3) is 4.80. The molecule has 1 heterocycles. The van der Waals surface area contributed by atoms with Gasteiger partial charge in [0.1, 0.15) is 17.3 Å². The molecule has 0 radical (unpaired) electrons. The van der Waals surface area contributed by atoms with Crippen LogP contribution >= 0.6 is 11.6 Å². The van der Waals surface area contributed by atoms with Crippen molar-refractivity contribution in [3.63, 3.8) is 0 Å². The predicted octanol–water partition coefficient (Wildman–Crippen LogP) is 4.00. The third-order valence-electron chi connectivity index (χ3n) is 3.97. The van der Waals surface area contributed by atoms with E-state index in [1.807, 2.05) is 24.3 Å². The first kappa shape index (κ1) is 18.8. The minimum atomic E-state index is -0.714. The average Bonchev–Trinajstić information content (AvgIpc) is 3.10. The van der Waals surface area contributed by atoms with Crippen LogP contribution in [0.2, 0.25) is 5.02 Å². The Labute approximate surface area is 162 Å². The molecule has 0 aliphatic rings. The quantitative estimate of drug-likeness (QED) is 0.667. The molecule has 140 valence electrons. The number of benzene rings is 2. The number of rotatable bonds is 7. The fourth-order valence-electron chi connectivity index (χ4n) is 2.48. The number of anilines is 1. The highest BCUT2D eigenvalue weighted by molar-refractivity contribution is 6.32. The van der Waals surface area contributed by atoms with Gasteiger partial charge in [-0.3, -0.25) is 4.79 Å². The number of nitrogens with one attached hydrogen (secondary N) is 1. The molecule has 1 atom stereocenters. The number of aromatic nitrogens is 2. The smallest absolute Gasteiger partial charge is 0.266 e. The Morgan fingerprint density at radius 3 is 2.63 bits per heavy atom. The second-order valence-electron chi connectivity index (χ2n) is 5.90. The lowest BCUT2D eigenvalue weighted by Crippen LogP contribution is -2.31. The van der Waals surface area contributed by atoms with E-state index in [0.29, 0.717) is 23.1 Å². The summed E-state index contributed by atoms with van der Waals surface area (Å²) in [4.78, 5) is 12.5. The summed E-state index contributed by atoms with van der Waals surface area (Å²) in [5, 5.41) is 7.57. The number of ether oxygens (including phenoxy) is 2. The van der Waals surface area contributed by atoms with Gasteiger partial charge in [0.25, 0.3) is 5.91 Å². The number of para-hydroxylation sites is 1. The molecule has 1 aromatic heterocycles. The molecular weight excluding hydrogens is 366 g/mol. The molecule has 0 saturated heterocycles. The molecule has 1 amide bonds. The molecule has 7 heteroatoms. The molecule has 0 aliphatic carbocycles. The molecule has 0 bridgehead atoms. The average molecular weight is 386 g/mol. The van der Waals surface area contributed by atoms with E-state index in [1.54, 1.807) is 55.2 Å². The maximum absolute atomic E-state index is 12.5. The summed E-state index contributed by atoms with van der Waals surface area (Å²) >= 11 is 6.07. The fourth-order valence-corrected chi connectivity index (χ4v) is 2.66. The van der Waals surface area contributed by atoms with Gasteiger partial charge in [-0.1, -0.05) is 35.9 Å². The van der Waals surface area contributed by atoms with Crippen LogP contribution in [0.4, 0.5) is 5.82 Å². The minimum absolute atomic E-state index is 0.286. The van der Waals surface area contributed by atoms with Crippen molar-refractivity contribution in [3.8, 4) is 11.5 Å². The van der Waals surface area contributed by atoms with E-state index in [2.05, 4.69) is 10.4 Å². The molecule has 0 fully saturated rings. The number of halogens is 1. The number of amides is 1. The molecule has 3 rings (SSSR count). The Morgan fingerprint density at radius 2 is 1.93 bits per heavy atom. The number of carbonyl (C=O) groups is 1. The summed E-state index contributed by atoms with van der Waals surface area (Å²) in [5.41, 5.74) is 1.04. The highest BCUT2D eigenvalue weighted by atomic mass is 35.5. The van der Waals surface area contributed by atoms with Gasteiger partial charge in [0.2, 0.25) is 0 Å². The van der Waals surface area contributed by atoms with Crippen LogP contribution in [0.3, 0.4) is 0 Å². The Hall–Kier alpha value is -2.99. The maximum Gasteiger partial charge on any atom is 0.266 e. The largest absolute Gasteiger partial charge is 0.497 e. The lowest BCUT2D eigenvalue weighted by atomic mass is 10.2. The van der Waals surface area contributed by atoms with E-state index in [0.717, 1.165) is 11.3 Å². The summed E-state index contributed by atoms with van der Waals surface area (Å²) in [7, 11) is 1.63. The van der Waals surface area contributed by atoms with Gasteiger partial charge >= 0.3 is 0 Å². The van der Waals surface area contributed by atoms with Crippen molar-refractivity contribution in [2.24, 2.45) is 0 Å². The Kier molecular flexibility index (Phi) is 5.98. The van der Waals surface area contributed by atoms with Crippen LogP contribution < -0.4 is 14.8 Å². The van der Waals surface area contributed by atoms with E-state index in [-0.39, 0.29) is 5.91 Å². The molecule has 0 spiro atoms. The number of nitrogens with zero attached hydrogens (tertiary/aromatic N) is 2. The SMILES string of the molecule is COc1ccc(Cn2nccc2NC(=O)[C@H](C)Oc2ccccc2Cl)cc1. The number of hydrogen-bond acceptors (Lipinski definition) is 4. The highest BCUT2D eigenvalue weighted by Gasteiger charge is 2.18. The van der Waals surface area contributed by atoms with Gasteiger partial charge in [-0.2, -0.15) is 5.10 Å². The van der Waals surface area contributed by atoms with Crippen LogP contribution in [0.15, 0.2) is 60.8 Å². The van der Waals surface area contributed by atoms with Gasteiger partial charge in [0, 0.05) is 6.07 Å². The molecule has 1 N–H and O–H groups in total. The topological polar surface area (TPSA) is 65.4 Å². The van der Waals surface area contributed by atoms with Crippen molar-refractivity contribution in [2.75, 3.05) is 12.4 Å². The van der Waals surface area contributed by atoms with E-state index in [9.17, 15) is 4.79 Å². The van der Waals surface area contributed by atoms with Crippen molar-refractivity contribution < 1.29 is 14.3 Å². The first-order chi connectivity index (χ1) is 13.1. The van der Waals surface area contributed by atoms with Crippen molar-refractivity contribution in [1.29, 1.82) is 0 Å². The predicted molar refractivity (Wildman–Crippen MR) is 104 cm³/mol. The van der Waals surface area contributed by atoms with Crippen LogP contribution in [0.1, 0.15) is 12.5 Å². The zero-order valence-electron chi connectivity index (χ0n) is 15.1. The lowest BCUT2D eigenvalue weighted by molar-refractivity contribution is -0.122. The highest BCUT2D eigenvalue weighted by Crippen LogP contribution is 2.24. The second-order valence-corrected chi connectivity index (χ2v) is 6.31. The van der Waals surface area contributed by atoms with E-state index >= 15 is 0 Å². The third-order valence-corrected chi connectivity index (χ3v) is 4.28. The summed E-state index contributed by atoms with van der Waals surface area (Å²) < 4.78 is 12.5. The summed E-state index contributed by atoms with van der Waals surface area (Å²) in [5.74, 6) is 1.56. The van der Waals surface area contributed by atoms with Gasteiger partial charge in [-0.05, 0) is 36.8 Å². The standard InChI is InChI=1S/C20H20ClN3O3/c1-14(27-18-6-4-3-5-17(18)21)20(25)23-19-11-12-22-24(19)13-15-7-9-16(26-2)10-8-15/h3-12,14H,13H2,1-2H3,(H,23,25)/t14-/m0/s1. The van der Waals surface area contributed by atoms with Crippen LogP contribution in [0, 0.1) is 0 Å². The zero-order chi connectivity index (χ0) is 19.2. The van der Waals surface area contributed by atoms with Crippen LogP contribution in [0.5, 0.6) is 11.5 Å². The van der Waals surface area contributed by atoms with E-state index in [4.69, 9.17) is 21.1 Å². The van der Waals surface area contributed by atoms with Crippen LogP contribution in [0.25, 0.3) is 0 Å². The minimum Gasteiger partial charge on any atom is -0.497 e. The zero-order valence-corrected chi connectivity index (χ0v) is 15.8. The lowest BCUT2D eigenvalue weighted by Gasteiger charge is -2.16. The second kappa shape index (κ2) is 8.60. The van der Waals surface area contributed by atoms with Crippen molar-refractivity contribution in [1.82, 2.24) is 9.78 Å². The van der Waals surface area contributed by atoms with Crippen molar-refractivity contribution in [2.45, 2.75) is 19.6 Å². The van der Waals surface area contributed by atoms with E-state index in [1.165, 1.54) is 0 Å². The fraction of sp³-hybridized carbons (Fsp3) is 0.200. The van der Waals surface area contributed by atoms with E-state index < -0.39 is 6.10 Å². The maximum atomic E-state index is 12.5. The molecule has 2 aromatic carbocycles. The van der Waals surface area contributed by atoms with Gasteiger partial charge < -0.3 is 14.8 Å². The monoisotopic (exact) mass is 385 g/mol. The van der Waals surface area contributed by atoms with Crippen molar-refractivity contribution in [3.05, 3.63) is 71.4 Å². The Balaban J connectivity index is 1.64. The summed E-state index contributed by atoms with van der Waals surface area (Å²) in [6.07, 6.45) is 0.924. The van der Waals surface area contributed by atoms with Crippen LogP contribution in [-0.4, -0.2) is 28.9 Å². The molecule has 27 heavy (non-hydrogen) atoms. The molecule has 6 nitrogen and oxygen atoms in total. The summed E-state index contributed by atoms with van der Waals surface area (Å²) in [6, 6.07) is 16.5. The van der Waals surface area contributed by atoms with Gasteiger partial charge in [-0.15, -0.1) is 0 Å². The van der Waals surface area contributed by atoms with Gasteiger partial charge in [0.15, 0.2) is 6.10 Å². The first-order valence-corrected chi connectivity index (χ1v) is 8.81. The number of carbonyl (C=O) groups excluding carboxylic acids is 1. The number of hydrogen-bond donors (Lipinski definition) is 1. The Morgan fingerprint density at radius 1 is 1.19 bits per heavy atom. The molecule has 3 aromatic rings. The molecular formula is C20H20ClN3O3. The van der Waals surface area contributed by atoms with Crippen LogP contribution in [-0.2, 0) is 11.3 Å². The first-order valence-electron chi connectivity index (χ1n) is 8.43. The number of methoxy groups -OCH3 is 1. The molecule has 0 aliphatic heterocycles. The normalized spacial score (nSPS) is 11.7. The Bertz CT molecular complexity index is 909. The molecule has 0 unspecified atom stereocenters. The van der Waals surface area contributed by atoms with Gasteiger partial charge in [-0.25, -0.2) is 4.68 Å². The molecule has 0 saturated carbocycles. The summed E-state index contributed by atoms with van der Waals surface area (Å²) in [6.45, 7) is 2.19.